The minimum Gasteiger partial charge on any atom is -0.478 e. The Kier molecular flexibility index (Phi) is 7.21. The number of nitrogens with zero attached hydrogens (tertiary/aromatic N) is 3. The first-order chi connectivity index (χ1) is 20.8. The van der Waals surface area contributed by atoms with Crippen LogP contribution in [0.3, 0.4) is 0 Å². The minimum absolute atomic E-state index is 0.0379. The number of carbonyl (C=O) groups is 1. The van der Waals surface area contributed by atoms with Crippen molar-refractivity contribution >= 4 is 17.0 Å². The highest BCUT2D eigenvalue weighted by atomic mass is 19.1. The van der Waals surface area contributed by atoms with E-state index in [9.17, 15) is 14.3 Å². The number of fused-ring (bicyclic) bond motifs is 2. The summed E-state index contributed by atoms with van der Waals surface area (Å²) in [6.45, 7) is 0.613. The third kappa shape index (κ3) is 5.13. The molecule has 1 aromatic heterocycles. The molecular weight excluding hydrogens is 563 g/mol. The molecule has 1 unspecified atom stereocenters. The van der Waals surface area contributed by atoms with Crippen LogP contribution in [0.25, 0.3) is 22.2 Å². The normalized spacial score (nSPS) is 13.8. The maximum Gasteiger partial charge on any atom is 0.335 e. The van der Waals surface area contributed by atoms with Crippen LogP contribution in [0.4, 0.5) is 13.2 Å². The predicted molar refractivity (Wildman–Crippen MR) is 148 cm³/mol. The first kappa shape index (κ1) is 27.8. The van der Waals surface area contributed by atoms with Crippen molar-refractivity contribution in [2.75, 3.05) is 13.7 Å². The van der Waals surface area contributed by atoms with Crippen molar-refractivity contribution < 1.29 is 37.3 Å². The van der Waals surface area contributed by atoms with Crippen LogP contribution in [-0.2, 0) is 17.7 Å². The highest BCUT2D eigenvalue weighted by Gasteiger charge is 2.31. The molecule has 1 aliphatic rings. The number of benzene rings is 4. The Morgan fingerprint density at radius 1 is 1.02 bits per heavy atom. The van der Waals surface area contributed by atoms with Gasteiger partial charge < -0.3 is 23.9 Å². The fraction of sp³-hybridized carbons (Fsp3) is 0.156. The molecule has 0 saturated carbocycles. The third-order valence-corrected chi connectivity index (χ3v) is 7.19. The zero-order valence-corrected chi connectivity index (χ0v) is 22.6. The molecule has 0 radical (unpaired) electrons. The summed E-state index contributed by atoms with van der Waals surface area (Å²) >= 11 is 0. The van der Waals surface area contributed by atoms with Gasteiger partial charge in [-0.15, -0.1) is 0 Å². The van der Waals surface area contributed by atoms with Crippen molar-refractivity contribution in [3.8, 4) is 28.7 Å². The standard InChI is InChI=1S/C32H22F3N3O5/c1-41-10-9-38-27-13-18(31(39)40)6-8-26(27)37-29(38)14-19-12-25(35)22(15-23(19)33)20-3-2-4-28-30(20)43-32(42-28)21-7-5-17(16-36)11-24(21)34/h2-8,11-13,15,32H,9-10,14H2,1H3,(H,39,40). The molecule has 0 spiro atoms. The van der Waals surface area contributed by atoms with Crippen LogP contribution in [0, 0.1) is 28.8 Å². The molecule has 5 aromatic rings. The first-order valence-corrected chi connectivity index (χ1v) is 13.1. The molecule has 1 N–H and O–H groups in total. The van der Waals surface area contributed by atoms with Crippen molar-refractivity contribution in [1.82, 2.24) is 9.55 Å². The van der Waals surface area contributed by atoms with Gasteiger partial charge in [-0.2, -0.15) is 5.26 Å². The second-order valence-electron chi connectivity index (χ2n) is 9.83. The maximum absolute atomic E-state index is 15.6. The van der Waals surface area contributed by atoms with Gasteiger partial charge in [-0.3, -0.25) is 0 Å². The van der Waals surface area contributed by atoms with Crippen molar-refractivity contribution in [2.45, 2.75) is 19.3 Å². The average molecular weight is 586 g/mol. The van der Waals surface area contributed by atoms with E-state index in [4.69, 9.17) is 19.5 Å². The van der Waals surface area contributed by atoms with Gasteiger partial charge in [0.25, 0.3) is 6.29 Å². The van der Waals surface area contributed by atoms with E-state index in [1.165, 1.54) is 31.4 Å². The highest BCUT2D eigenvalue weighted by Crippen LogP contribution is 2.47. The zero-order chi connectivity index (χ0) is 30.2. The molecule has 0 saturated heterocycles. The number of methoxy groups -OCH3 is 1. The number of aromatic carboxylic acids is 1. The molecule has 4 aromatic carbocycles. The summed E-state index contributed by atoms with van der Waals surface area (Å²) in [6.07, 6.45) is -1.26. The molecule has 6 rings (SSSR count). The van der Waals surface area contributed by atoms with E-state index in [2.05, 4.69) is 4.98 Å². The summed E-state index contributed by atoms with van der Waals surface area (Å²) in [5, 5.41) is 18.4. The summed E-state index contributed by atoms with van der Waals surface area (Å²) in [6, 6.07) is 17.1. The Hall–Kier alpha value is -5.34. The van der Waals surface area contributed by atoms with Gasteiger partial charge in [-0.1, -0.05) is 12.1 Å². The molecule has 43 heavy (non-hydrogen) atoms. The number of aromatic nitrogens is 2. The molecule has 11 heteroatoms. The lowest BCUT2D eigenvalue weighted by molar-refractivity contribution is 0.0456. The summed E-state index contributed by atoms with van der Waals surface area (Å²) in [4.78, 5) is 16.1. The molecule has 0 amide bonds. The number of nitriles is 1. The number of para-hydroxylation sites is 1. The summed E-state index contributed by atoms with van der Waals surface area (Å²) in [5.41, 5.74) is 1.48. The monoisotopic (exact) mass is 585 g/mol. The zero-order valence-electron chi connectivity index (χ0n) is 22.6. The van der Waals surface area contributed by atoms with Crippen molar-refractivity contribution in [2.24, 2.45) is 0 Å². The molecule has 2 heterocycles. The number of imidazole rings is 1. The maximum atomic E-state index is 15.6. The van der Waals surface area contributed by atoms with Crippen LogP contribution >= 0.6 is 0 Å². The second-order valence-corrected chi connectivity index (χ2v) is 9.83. The Morgan fingerprint density at radius 2 is 1.86 bits per heavy atom. The Balaban J connectivity index is 1.33. The van der Waals surface area contributed by atoms with E-state index < -0.39 is 29.7 Å². The fourth-order valence-corrected chi connectivity index (χ4v) is 5.08. The molecule has 8 nitrogen and oxygen atoms in total. The lowest BCUT2D eigenvalue weighted by Gasteiger charge is -2.13. The fourth-order valence-electron chi connectivity index (χ4n) is 5.08. The SMILES string of the molecule is COCCn1c(Cc2cc(F)c(-c3cccc4c3OC(c3ccc(C#N)cc3F)O4)cc2F)nc2ccc(C(=O)O)cc21. The highest BCUT2D eigenvalue weighted by molar-refractivity contribution is 5.92. The van der Waals surface area contributed by atoms with Gasteiger partial charge >= 0.3 is 5.97 Å². The van der Waals surface area contributed by atoms with E-state index in [0.717, 1.165) is 18.2 Å². The number of carboxylic acid groups (broad SMARTS) is 1. The van der Waals surface area contributed by atoms with E-state index in [1.54, 1.807) is 28.8 Å². The molecule has 0 fully saturated rings. The van der Waals surface area contributed by atoms with Gasteiger partial charge in [0.05, 0.1) is 40.4 Å². The van der Waals surface area contributed by atoms with Crippen LogP contribution in [0.2, 0.25) is 0 Å². The van der Waals surface area contributed by atoms with Gasteiger partial charge in [0.1, 0.15) is 23.3 Å². The average Bonchev–Trinajstić information content (AvgIpc) is 3.58. The van der Waals surface area contributed by atoms with Gasteiger partial charge in [-0.25, -0.2) is 22.9 Å². The van der Waals surface area contributed by atoms with Gasteiger partial charge in [0, 0.05) is 31.2 Å². The number of ether oxygens (including phenoxy) is 3. The largest absolute Gasteiger partial charge is 0.478 e. The van der Waals surface area contributed by atoms with Crippen LogP contribution in [0.5, 0.6) is 11.5 Å². The van der Waals surface area contributed by atoms with E-state index in [-0.39, 0.29) is 51.3 Å². The quantitative estimate of drug-likeness (QED) is 0.225. The van der Waals surface area contributed by atoms with Crippen LogP contribution in [0.1, 0.15) is 39.2 Å². The van der Waals surface area contributed by atoms with Crippen LogP contribution in [0.15, 0.2) is 66.7 Å². The van der Waals surface area contributed by atoms with E-state index >= 15 is 8.78 Å². The predicted octanol–water partition coefficient (Wildman–Crippen LogP) is 6.40. The van der Waals surface area contributed by atoms with Crippen molar-refractivity contribution in [1.29, 1.82) is 5.26 Å². The summed E-state index contributed by atoms with van der Waals surface area (Å²) in [5.74, 6) is -2.46. The molecule has 216 valence electrons. The number of hydrogen-bond acceptors (Lipinski definition) is 6. The second kappa shape index (κ2) is 11.2. The van der Waals surface area contributed by atoms with Crippen LogP contribution in [-0.4, -0.2) is 34.3 Å². The molecule has 1 atom stereocenters. The number of hydrogen-bond donors (Lipinski definition) is 1. The van der Waals surface area contributed by atoms with Gasteiger partial charge in [0.15, 0.2) is 11.5 Å². The van der Waals surface area contributed by atoms with E-state index in [0.29, 0.717) is 30.0 Å². The van der Waals surface area contributed by atoms with Crippen LogP contribution < -0.4 is 9.47 Å². The summed E-state index contributed by atoms with van der Waals surface area (Å²) in [7, 11) is 1.52. The molecule has 0 bridgehead atoms. The molecule has 0 aliphatic carbocycles. The number of halogens is 3. The summed E-state index contributed by atoms with van der Waals surface area (Å²) < 4.78 is 64.4. The minimum atomic E-state index is -1.18. The molecule has 1 aliphatic heterocycles. The third-order valence-electron chi connectivity index (χ3n) is 7.19. The lowest BCUT2D eigenvalue weighted by atomic mass is 10.00. The van der Waals surface area contributed by atoms with Gasteiger partial charge in [-0.05, 0) is 60.2 Å². The number of rotatable bonds is 8. The molecular formula is C32H22F3N3O5. The Bertz CT molecular complexity index is 1950. The smallest absolute Gasteiger partial charge is 0.335 e. The number of carboxylic acids is 1. The topological polar surface area (TPSA) is 107 Å². The van der Waals surface area contributed by atoms with Crippen molar-refractivity contribution in [3.05, 3.63) is 112 Å². The lowest BCUT2D eigenvalue weighted by Crippen LogP contribution is -2.10. The first-order valence-electron chi connectivity index (χ1n) is 13.1. The Morgan fingerprint density at radius 3 is 2.60 bits per heavy atom. The van der Waals surface area contributed by atoms with Gasteiger partial charge in [0.2, 0.25) is 0 Å². The van der Waals surface area contributed by atoms with E-state index in [1.807, 2.05) is 6.07 Å². The Labute approximate surface area is 243 Å². The van der Waals surface area contributed by atoms with Crippen molar-refractivity contribution in [3.63, 3.8) is 0 Å².